The number of rotatable bonds is 7. The second-order valence-electron chi connectivity index (χ2n) is 5.41. The predicted molar refractivity (Wildman–Crippen MR) is 95.5 cm³/mol. The lowest BCUT2D eigenvalue weighted by molar-refractivity contribution is 0.182. The first kappa shape index (κ1) is 17.4. The Labute approximate surface area is 136 Å². The molecule has 0 aromatic heterocycles. The fourth-order valence-electron chi connectivity index (χ4n) is 2.27. The SMILES string of the molecule is CC(C)N(CCNc1ccc(C(N)=S)c(Br)c1)C(C)C. The molecule has 1 rings (SSSR count). The Morgan fingerprint density at radius 3 is 2.35 bits per heavy atom. The number of hydrogen-bond acceptors (Lipinski definition) is 3. The average Bonchev–Trinajstić information content (AvgIpc) is 2.33. The van der Waals surface area contributed by atoms with Gasteiger partial charge in [-0.2, -0.15) is 0 Å². The molecule has 0 saturated carbocycles. The highest BCUT2D eigenvalue weighted by molar-refractivity contribution is 9.10. The van der Waals surface area contributed by atoms with Crippen LogP contribution in [-0.2, 0) is 0 Å². The number of nitrogens with one attached hydrogen (secondary N) is 1. The molecule has 0 bridgehead atoms. The molecule has 20 heavy (non-hydrogen) atoms. The van der Waals surface area contributed by atoms with Crippen LogP contribution in [0.15, 0.2) is 22.7 Å². The Morgan fingerprint density at radius 1 is 1.30 bits per heavy atom. The van der Waals surface area contributed by atoms with Crippen LogP contribution in [-0.4, -0.2) is 35.1 Å². The van der Waals surface area contributed by atoms with Crippen molar-refractivity contribution in [1.29, 1.82) is 0 Å². The van der Waals surface area contributed by atoms with E-state index in [9.17, 15) is 0 Å². The maximum Gasteiger partial charge on any atom is 0.105 e. The van der Waals surface area contributed by atoms with Gasteiger partial charge in [0.2, 0.25) is 0 Å². The van der Waals surface area contributed by atoms with E-state index in [1.807, 2.05) is 18.2 Å². The fourth-order valence-corrected chi connectivity index (χ4v) is 3.17. The number of halogens is 1. The average molecular weight is 358 g/mol. The van der Waals surface area contributed by atoms with Gasteiger partial charge in [-0.3, -0.25) is 4.90 Å². The number of benzene rings is 1. The lowest BCUT2D eigenvalue weighted by Gasteiger charge is -2.30. The van der Waals surface area contributed by atoms with Crippen LogP contribution in [0.4, 0.5) is 5.69 Å². The van der Waals surface area contributed by atoms with E-state index in [4.69, 9.17) is 18.0 Å². The molecule has 0 radical (unpaired) electrons. The maximum atomic E-state index is 5.65. The second-order valence-corrected chi connectivity index (χ2v) is 6.71. The van der Waals surface area contributed by atoms with Gasteiger partial charge in [0.25, 0.3) is 0 Å². The summed E-state index contributed by atoms with van der Waals surface area (Å²) in [5.41, 5.74) is 7.59. The first-order chi connectivity index (χ1) is 9.32. The van der Waals surface area contributed by atoms with Crippen molar-refractivity contribution in [2.75, 3.05) is 18.4 Å². The Balaban J connectivity index is 2.58. The van der Waals surface area contributed by atoms with Gasteiger partial charge in [0.05, 0.1) is 0 Å². The molecule has 3 N–H and O–H groups in total. The van der Waals surface area contributed by atoms with E-state index in [2.05, 4.69) is 53.8 Å². The topological polar surface area (TPSA) is 41.3 Å². The summed E-state index contributed by atoms with van der Waals surface area (Å²) in [6.07, 6.45) is 0. The number of thiocarbonyl (C=S) groups is 1. The zero-order valence-electron chi connectivity index (χ0n) is 12.6. The van der Waals surface area contributed by atoms with E-state index in [1.165, 1.54) is 0 Å². The molecule has 1 aromatic carbocycles. The van der Waals surface area contributed by atoms with Gasteiger partial charge in [-0.05, 0) is 61.8 Å². The lowest BCUT2D eigenvalue weighted by Crippen LogP contribution is -2.40. The van der Waals surface area contributed by atoms with E-state index >= 15 is 0 Å². The first-order valence-corrected chi connectivity index (χ1v) is 8.12. The molecule has 0 aliphatic carbocycles. The third kappa shape index (κ3) is 5.04. The highest BCUT2D eigenvalue weighted by Crippen LogP contribution is 2.21. The summed E-state index contributed by atoms with van der Waals surface area (Å²) >= 11 is 8.49. The molecule has 0 aliphatic rings. The lowest BCUT2D eigenvalue weighted by atomic mass is 10.2. The Kier molecular flexibility index (Phi) is 6.92. The standard InChI is InChI=1S/C15H24BrN3S/c1-10(2)19(11(3)4)8-7-18-12-5-6-13(15(17)20)14(16)9-12/h5-6,9-11,18H,7-8H2,1-4H3,(H2,17,20). The molecule has 0 unspecified atom stereocenters. The van der Waals surface area contributed by atoms with Crippen molar-refractivity contribution < 1.29 is 0 Å². The molecule has 0 spiro atoms. The van der Waals surface area contributed by atoms with Crippen LogP contribution in [0.3, 0.4) is 0 Å². The molecule has 3 nitrogen and oxygen atoms in total. The molecule has 0 fully saturated rings. The number of nitrogens with zero attached hydrogens (tertiary/aromatic N) is 1. The zero-order chi connectivity index (χ0) is 15.3. The maximum absolute atomic E-state index is 5.65. The highest BCUT2D eigenvalue weighted by atomic mass is 79.9. The van der Waals surface area contributed by atoms with Gasteiger partial charge in [-0.15, -0.1) is 0 Å². The minimum Gasteiger partial charge on any atom is -0.389 e. The molecule has 0 amide bonds. The van der Waals surface area contributed by atoms with Gasteiger partial charge >= 0.3 is 0 Å². The van der Waals surface area contributed by atoms with Crippen molar-refractivity contribution in [1.82, 2.24) is 4.90 Å². The number of nitrogens with two attached hydrogens (primary N) is 1. The van der Waals surface area contributed by atoms with Gasteiger partial charge in [-0.1, -0.05) is 12.2 Å². The summed E-state index contributed by atoms with van der Waals surface area (Å²) in [5, 5.41) is 3.44. The third-order valence-electron chi connectivity index (χ3n) is 3.26. The molecule has 0 heterocycles. The number of anilines is 1. The van der Waals surface area contributed by atoms with Gasteiger partial charge < -0.3 is 11.1 Å². The molecular formula is C15H24BrN3S. The molecular weight excluding hydrogens is 334 g/mol. The largest absolute Gasteiger partial charge is 0.389 e. The minimum absolute atomic E-state index is 0.411. The summed E-state index contributed by atoms with van der Waals surface area (Å²) in [6, 6.07) is 7.08. The van der Waals surface area contributed by atoms with E-state index in [1.54, 1.807) is 0 Å². The van der Waals surface area contributed by atoms with Gasteiger partial charge in [0, 0.05) is 40.9 Å². The van der Waals surface area contributed by atoms with Crippen LogP contribution in [0.1, 0.15) is 33.3 Å². The second kappa shape index (κ2) is 7.96. The van der Waals surface area contributed by atoms with Gasteiger partial charge in [0.15, 0.2) is 0 Å². The van der Waals surface area contributed by atoms with Crippen molar-refractivity contribution in [2.24, 2.45) is 5.73 Å². The molecule has 0 saturated heterocycles. The van der Waals surface area contributed by atoms with Crippen molar-refractivity contribution in [2.45, 2.75) is 39.8 Å². The molecule has 1 aromatic rings. The van der Waals surface area contributed by atoms with Crippen molar-refractivity contribution in [3.8, 4) is 0 Å². The van der Waals surface area contributed by atoms with Crippen LogP contribution in [0.25, 0.3) is 0 Å². The first-order valence-electron chi connectivity index (χ1n) is 6.92. The monoisotopic (exact) mass is 357 g/mol. The molecule has 112 valence electrons. The Morgan fingerprint density at radius 2 is 1.90 bits per heavy atom. The smallest absolute Gasteiger partial charge is 0.105 e. The summed E-state index contributed by atoms with van der Waals surface area (Å²) in [7, 11) is 0. The van der Waals surface area contributed by atoms with Gasteiger partial charge in [-0.25, -0.2) is 0 Å². The summed E-state index contributed by atoms with van der Waals surface area (Å²) in [4.78, 5) is 2.88. The highest BCUT2D eigenvalue weighted by Gasteiger charge is 2.12. The van der Waals surface area contributed by atoms with Crippen LogP contribution in [0, 0.1) is 0 Å². The van der Waals surface area contributed by atoms with E-state index in [0.717, 1.165) is 28.8 Å². The third-order valence-corrected chi connectivity index (χ3v) is 4.14. The quantitative estimate of drug-likeness (QED) is 0.731. The van der Waals surface area contributed by atoms with Crippen molar-refractivity contribution in [3.05, 3.63) is 28.2 Å². The van der Waals surface area contributed by atoms with Crippen LogP contribution < -0.4 is 11.1 Å². The predicted octanol–water partition coefficient (Wildman–Crippen LogP) is 3.61. The summed E-state index contributed by atoms with van der Waals surface area (Å²) < 4.78 is 0.930. The van der Waals surface area contributed by atoms with Crippen molar-refractivity contribution >= 4 is 38.8 Å². The van der Waals surface area contributed by atoms with E-state index < -0.39 is 0 Å². The summed E-state index contributed by atoms with van der Waals surface area (Å²) in [6.45, 7) is 10.8. The van der Waals surface area contributed by atoms with Crippen molar-refractivity contribution in [3.63, 3.8) is 0 Å². The van der Waals surface area contributed by atoms with E-state index in [0.29, 0.717) is 17.1 Å². The number of hydrogen-bond donors (Lipinski definition) is 2. The zero-order valence-corrected chi connectivity index (χ0v) is 15.0. The van der Waals surface area contributed by atoms with Crippen LogP contribution >= 0.6 is 28.1 Å². The van der Waals surface area contributed by atoms with Gasteiger partial charge in [0.1, 0.15) is 4.99 Å². The van der Waals surface area contributed by atoms with Crippen LogP contribution in [0.5, 0.6) is 0 Å². The molecule has 0 aliphatic heterocycles. The molecule has 0 atom stereocenters. The molecule has 5 heteroatoms. The minimum atomic E-state index is 0.411. The van der Waals surface area contributed by atoms with Crippen LogP contribution in [0.2, 0.25) is 0 Å². The summed E-state index contributed by atoms with van der Waals surface area (Å²) in [5.74, 6) is 0. The normalized spacial score (nSPS) is 11.4. The Hall–Kier alpha value is -0.650. The fraction of sp³-hybridized carbons (Fsp3) is 0.533. The Bertz CT molecular complexity index is 452. The van der Waals surface area contributed by atoms with E-state index in [-0.39, 0.29) is 0 Å².